The van der Waals surface area contributed by atoms with E-state index in [4.69, 9.17) is 13.9 Å². The van der Waals surface area contributed by atoms with E-state index in [2.05, 4.69) is 4.90 Å². The zero-order valence-electron chi connectivity index (χ0n) is 18.6. The summed E-state index contributed by atoms with van der Waals surface area (Å²) in [5, 5.41) is 11.5. The molecular weight excluding hydrogens is 442 g/mol. The highest BCUT2D eigenvalue weighted by Crippen LogP contribution is 2.38. The summed E-state index contributed by atoms with van der Waals surface area (Å²) in [6, 6.07) is 10.1. The second-order valence-electron chi connectivity index (χ2n) is 8.24. The number of nitro groups is 1. The molecule has 0 spiro atoms. The monoisotopic (exact) mass is 465 g/mol. The Bertz CT molecular complexity index is 1310. The first-order valence-corrected chi connectivity index (χ1v) is 11.0. The van der Waals surface area contributed by atoms with Crippen LogP contribution in [0.3, 0.4) is 0 Å². The summed E-state index contributed by atoms with van der Waals surface area (Å²) < 4.78 is 16.6. The molecule has 0 N–H and O–H groups in total. The Balaban J connectivity index is 1.60. The SMILES string of the molecule is COc1ccc2c(=O)c3c(oc2c1)C(=O)N(CCN1CCOCC1)[C@@H]3c1ccc([N+](=O)[O-])cc1. The summed E-state index contributed by atoms with van der Waals surface area (Å²) in [4.78, 5) is 41.5. The largest absolute Gasteiger partial charge is 0.497 e. The van der Waals surface area contributed by atoms with Gasteiger partial charge in [-0.2, -0.15) is 0 Å². The van der Waals surface area contributed by atoms with E-state index in [1.807, 2.05) is 0 Å². The van der Waals surface area contributed by atoms with Crippen molar-refractivity contribution >= 4 is 22.6 Å². The van der Waals surface area contributed by atoms with Gasteiger partial charge in [-0.05, 0) is 29.8 Å². The minimum Gasteiger partial charge on any atom is -0.497 e. The Morgan fingerprint density at radius 3 is 2.50 bits per heavy atom. The van der Waals surface area contributed by atoms with Gasteiger partial charge in [0.1, 0.15) is 11.3 Å². The van der Waals surface area contributed by atoms with Crippen LogP contribution in [0.25, 0.3) is 11.0 Å². The molecule has 0 bridgehead atoms. The Labute approximate surface area is 194 Å². The Kier molecular flexibility index (Phi) is 5.76. The van der Waals surface area contributed by atoms with Crippen LogP contribution in [0.15, 0.2) is 51.7 Å². The lowest BCUT2D eigenvalue weighted by Crippen LogP contribution is -2.42. The quantitative estimate of drug-likeness (QED) is 0.403. The van der Waals surface area contributed by atoms with E-state index >= 15 is 0 Å². The van der Waals surface area contributed by atoms with E-state index in [-0.39, 0.29) is 33.9 Å². The summed E-state index contributed by atoms with van der Waals surface area (Å²) in [5.41, 5.74) is 0.766. The number of amides is 1. The van der Waals surface area contributed by atoms with Gasteiger partial charge in [0.2, 0.25) is 5.76 Å². The van der Waals surface area contributed by atoms with Gasteiger partial charge in [-0.1, -0.05) is 0 Å². The molecule has 10 heteroatoms. The van der Waals surface area contributed by atoms with Crippen LogP contribution in [0.5, 0.6) is 5.75 Å². The topological polar surface area (TPSA) is 115 Å². The van der Waals surface area contributed by atoms with E-state index in [1.54, 1.807) is 35.2 Å². The third-order valence-corrected chi connectivity index (χ3v) is 6.36. The number of nitro benzene ring substituents is 1. The number of non-ortho nitro benzene ring substituents is 1. The lowest BCUT2D eigenvalue weighted by Gasteiger charge is -2.31. The van der Waals surface area contributed by atoms with E-state index in [1.165, 1.54) is 19.2 Å². The van der Waals surface area contributed by atoms with Crippen LogP contribution in [0.4, 0.5) is 5.69 Å². The zero-order chi connectivity index (χ0) is 23.8. The van der Waals surface area contributed by atoms with Crippen molar-refractivity contribution in [3.63, 3.8) is 0 Å². The van der Waals surface area contributed by atoms with Gasteiger partial charge in [0.15, 0.2) is 5.43 Å². The van der Waals surface area contributed by atoms with Gasteiger partial charge in [0.05, 0.1) is 42.2 Å². The molecule has 1 fully saturated rings. The number of morpholine rings is 1. The molecular formula is C24H23N3O7. The average molecular weight is 465 g/mol. The average Bonchev–Trinajstić information content (AvgIpc) is 3.14. The number of ether oxygens (including phenoxy) is 2. The molecule has 2 aliphatic rings. The minimum atomic E-state index is -0.702. The number of fused-ring (bicyclic) bond motifs is 2. The molecule has 3 aromatic rings. The summed E-state index contributed by atoms with van der Waals surface area (Å²) >= 11 is 0. The van der Waals surface area contributed by atoms with Crippen molar-refractivity contribution in [3.05, 3.63) is 79.7 Å². The summed E-state index contributed by atoms with van der Waals surface area (Å²) in [6.07, 6.45) is 0. The third-order valence-electron chi connectivity index (χ3n) is 6.36. The highest BCUT2D eigenvalue weighted by molar-refractivity contribution is 5.99. The predicted molar refractivity (Wildman–Crippen MR) is 122 cm³/mol. The highest BCUT2D eigenvalue weighted by Gasteiger charge is 2.42. The van der Waals surface area contributed by atoms with Crippen LogP contribution >= 0.6 is 0 Å². The zero-order valence-corrected chi connectivity index (χ0v) is 18.6. The van der Waals surface area contributed by atoms with Crippen molar-refractivity contribution in [1.29, 1.82) is 0 Å². The predicted octanol–water partition coefficient (Wildman–Crippen LogP) is 2.59. The summed E-state index contributed by atoms with van der Waals surface area (Å²) in [5.74, 6) is 0.127. The van der Waals surface area contributed by atoms with E-state index in [0.717, 1.165) is 13.1 Å². The van der Waals surface area contributed by atoms with Crippen molar-refractivity contribution in [1.82, 2.24) is 9.80 Å². The summed E-state index contributed by atoms with van der Waals surface area (Å²) in [7, 11) is 1.51. The van der Waals surface area contributed by atoms with E-state index in [0.29, 0.717) is 43.0 Å². The molecule has 1 aromatic heterocycles. The first-order valence-electron chi connectivity index (χ1n) is 11.0. The van der Waals surface area contributed by atoms with Crippen molar-refractivity contribution in [3.8, 4) is 5.75 Å². The maximum Gasteiger partial charge on any atom is 0.290 e. The fraction of sp³-hybridized carbons (Fsp3) is 0.333. The van der Waals surface area contributed by atoms with Crippen molar-refractivity contribution in [2.24, 2.45) is 0 Å². The second-order valence-corrected chi connectivity index (χ2v) is 8.24. The van der Waals surface area contributed by atoms with Crippen LogP contribution in [-0.4, -0.2) is 67.1 Å². The maximum absolute atomic E-state index is 13.6. The van der Waals surface area contributed by atoms with E-state index < -0.39 is 11.0 Å². The van der Waals surface area contributed by atoms with Gasteiger partial charge in [0.25, 0.3) is 11.6 Å². The Hall–Kier alpha value is -3.76. The first-order chi connectivity index (χ1) is 16.5. The first kappa shape index (κ1) is 22.1. The lowest BCUT2D eigenvalue weighted by molar-refractivity contribution is -0.384. The van der Waals surface area contributed by atoms with Gasteiger partial charge in [-0.15, -0.1) is 0 Å². The number of benzene rings is 2. The molecule has 0 unspecified atom stereocenters. The number of hydrogen-bond donors (Lipinski definition) is 0. The molecule has 1 atom stereocenters. The molecule has 0 aliphatic carbocycles. The molecule has 1 amide bonds. The van der Waals surface area contributed by atoms with Gasteiger partial charge in [-0.25, -0.2) is 0 Å². The van der Waals surface area contributed by atoms with Crippen LogP contribution in [0.1, 0.15) is 27.7 Å². The molecule has 5 rings (SSSR count). The maximum atomic E-state index is 13.6. The van der Waals surface area contributed by atoms with Crippen LogP contribution in [0.2, 0.25) is 0 Å². The lowest BCUT2D eigenvalue weighted by atomic mass is 9.98. The fourth-order valence-electron chi connectivity index (χ4n) is 4.56. The molecule has 1 saturated heterocycles. The van der Waals surface area contributed by atoms with Gasteiger partial charge in [-0.3, -0.25) is 24.6 Å². The number of methoxy groups -OCH3 is 1. The van der Waals surface area contributed by atoms with Crippen LogP contribution in [0, 0.1) is 10.1 Å². The highest BCUT2D eigenvalue weighted by atomic mass is 16.6. The molecule has 34 heavy (non-hydrogen) atoms. The minimum absolute atomic E-state index is 0.00363. The smallest absolute Gasteiger partial charge is 0.290 e. The van der Waals surface area contributed by atoms with Crippen LogP contribution < -0.4 is 10.2 Å². The van der Waals surface area contributed by atoms with Crippen molar-refractivity contribution in [2.45, 2.75) is 6.04 Å². The Morgan fingerprint density at radius 2 is 1.82 bits per heavy atom. The molecule has 3 heterocycles. The molecule has 0 radical (unpaired) electrons. The number of carbonyl (C=O) groups excluding carboxylic acids is 1. The molecule has 2 aliphatic heterocycles. The summed E-state index contributed by atoms with van der Waals surface area (Å²) in [6.45, 7) is 3.76. The molecule has 10 nitrogen and oxygen atoms in total. The number of carbonyl (C=O) groups is 1. The van der Waals surface area contributed by atoms with Crippen molar-refractivity contribution < 1.29 is 23.6 Å². The number of rotatable bonds is 6. The van der Waals surface area contributed by atoms with Gasteiger partial charge >= 0.3 is 0 Å². The number of hydrogen-bond acceptors (Lipinski definition) is 8. The Morgan fingerprint density at radius 1 is 1.09 bits per heavy atom. The second kappa shape index (κ2) is 8.88. The van der Waals surface area contributed by atoms with E-state index in [9.17, 15) is 19.7 Å². The van der Waals surface area contributed by atoms with Crippen LogP contribution in [-0.2, 0) is 4.74 Å². The normalized spacial score (nSPS) is 18.3. The third kappa shape index (κ3) is 3.80. The number of nitrogens with zero attached hydrogens (tertiary/aromatic N) is 3. The van der Waals surface area contributed by atoms with Gasteiger partial charge < -0.3 is 18.8 Å². The molecule has 0 saturated carbocycles. The fourth-order valence-corrected chi connectivity index (χ4v) is 4.56. The van der Waals surface area contributed by atoms with Crippen molar-refractivity contribution in [2.75, 3.05) is 46.5 Å². The standard InChI is InChI=1S/C24H23N3O7/c1-32-17-6-7-18-19(14-17)34-23-20(22(18)28)21(15-2-4-16(5-3-15)27(30)31)26(24(23)29)9-8-25-10-12-33-13-11-25/h2-7,14,21H,8-13H2,1H3/t21-/m1/s1. The van der Waals surface area contributed by atoms with Gasteiger partial charge in [0, 0.05) is 44.4 Å². The molecule has 2 aromatic carbocycles. The molecule has 176 valence electrons.